The maximum Gasteiger partial charge on any atom is 0.306 e. The molecule has 0 aromatic carbocycles. The van der Waals surface area contributed by atoms with Crippen LogP contribution in [0.15, 0.2) is 0 Å². The Morgan fingerprint density at radius 3 is 2.62 bits per heavy atom. The summed E-state index contributed by atoms with van der Waals surface area (Å²) in [6.07, 6.45) is 1.19. The van der Waals surface area contributed by atoms with Crippen molar-refractivity contribution in [1.82, 2.24) is 4.90 Å². The molecule has 0 heterocycles. The van der Waals surface area contributed by atoms with Crippen molar-refractivity contribution < 1.29 is 14.6 Å². The molecule has 4 nitrogen and oxygen atoms in total. The molecule has 0 saturated heterocycles. The van der Waals surface area contributed by atoms with Gasteiger partial charge in [0.25, 0.3) is 0 Å². The van der Waals surface area contributed by atoms with Gasteiger partial charge in [0, 0.05) is 19.7 Å². The molecule has 0 radical (unpaired) electrons. The molecule has 0 aliphatic heterocycles. The van der Waals surface area contributed by atoms with Gasteiger partial charge in [-0.25, -0.2) is 0 Å². The molecule has 0 aromatic heterocycles. The minimum atomic E-state index is -0.178. The van der Waals surface area contributed by atoms with E-state index in [-0.39, 0.29) is 12.6 Å². The van der Waals surface area contributed by atoms with Crippen molar-refractivity contribution in [3.63, 3.8) is 0 Å². The average Bonchev–Trinajstić information content (AvgIpc) is 2.17. The fourth-order valence-corrected chi connectivity index (χ4v) is 1.07. The Balaban J connectivity index is 3.52. The van der Waals surface area contributed by atoms with E-state index in [4.69, 9.17) is 5.11 Å². The third-order valence-corrected chi connectivity index (χ3v) is 1.94. The third kappa shape index (κ3) is 6.54. The second-order valence-electron chi connectivity index (χ2n) is 2.84. The van der Waals surface area contributed by atoms with Crippen molar-refractivity contribution in [2.75, 3.05) is 33.4 Å². The Hall–Kier alpha value is -0.610. The van der Waals surface area contributed by atoms with E-state index in [1.54, 1.807) is 0 Å². The predicted molar refractivity (Wildman–Crippen MR) is 50.4 cm³/mol. The van der Waals surface area contributed by atoms with E-state index in [0.717, 1.165) is 19.5 Å². The Bertz CT molecular complexity index is 139. The van der Waals surface area contributed by atoms with Gasteiger partial charge in [-0.1, -0.05) is 6.92 Å². The highest BCUT2D eigenvalue weighted by atomic mass is 16.5. The molecular formula is C9H19NO3. The van der Waals surface area contributed by atoms with Gasteiger partial charge in [0.1, 0.15) is 0 Å². The van der Waals surface area contributed by atoms with Gasteiger partial charge in [-0.3, -0.25) is 4.79 Å². The lowest BCUT2D eigenvalue weighted by atomic mass is 10.3. The van der Waals surface area contributed by atoms with Crippen LogP contribution in [0.1, 0.15) is 19.8 Å². The number of carbonyl (C=O) groups excluding carboxylic acids is 1. The fraction of sp³-hybridized carbons (Fsp3) is 0.889. The average molecular weight is 189 g/mol. The molecule has 4 heteroatoms. The summed E-state index contributed by atoms with van der Waals surface area (Å²) in [5.41, 5.74) is 0. The van der Waals surface area contributed by atoms with Gasteiger partial charge in [0.05, 0.1) is 13.5 Å². The molecule has 1 N–H and O–H groups in total. The monoisotopic (exact) mass is 189 g/mol. The van der Waals surface area contributed by atoms with Crippen molar-refractivity contribution in [3.8, 4) is 0 Å². The smallest absolute Gasteiger partial charge is 0.306 e. The SMILES string of the molecule is CCN(CCCO)CCC(=O)OC. The minimum Gasteiger partial charge on any atom is -0.469 e. The molecule has 0 aromatic rings. The fourth-order valence-electron chi connectivity index (χ4n) is 1.07. The lowest BCUT2D eigenvalue weighted by Crippen LogP contribution is -2.28. The number of aliphatic hydroxyl groups excluding tert-OH is 1. The Morgan fingerprint density at radius 1 is 1.46 bits per heavy atom. The van der Waals surface area contributed by atoms with Crippen molar-refractivity contribution in [2.45, 2.75) is 19.8 Å². The largest absolute Gasteiger partial charge is 0.469 e. The minimum absolute atomic E-state index is 0.178. The highest BCUT2D eigenvalue weighted by molar-refractivity contribution is 5.69. The normalized spacial score (nSPS) is 10.5. The van der Waals surface area contributed by atoms with Crippen molar-refractivity contribution >= 4 is 5.97 Å². The maximum atomic E-state index is 10.8. The van der Waals surface area contributed by atoms with Crippen molar-refractivity contribution in [3.05, 3.63) is 0 Å². The molecule has 0 rings (SSSR count). The van der Waals surface area contributed by atoms with Gasteiger partial charge in [0.2, 0.25) is 0 Å². The molecule has 0 aliphatic rings. The van der Waals surface area contributed by atoms with Crippen LogP contribution in [0.3, 0.4) is 0 Å². The van der Waals surface area contributed by atoms with Crippen LogP contribution in [0, 0.1) is 0 Å². The first-order chi connectivity index (χ1) is 6.24. The topological polar surface area (TPSA) is 49.8 Å². The van der Waals surface area contributed by atoms with Crippen LogP contribution in [0.5, 0.6) is 0 Å². The summed E-state index contributed by atoms with van der Waals surface area (Å²) in [6, 6.07) is 0. The zero-order valence-corrected chi connectivity index (χ0v) is 8.45. The molecule has 13 heavy (non-hydrogen) atoms. The van der Waals surface area contributed by atoms with Gasteiger partial charge < -0.3 is 14.7 Å². The first kappa shape index (κ1) is 12.4. The second kappa shape index (κ2) is 8.01. The Labute approximate surface area is 79.5 Å². The lowest BCUT2D eigenvalue weighted by molar-refractivity contribution is -0.140. The zero-order chi connectivity index (χ0) is 10.1. The summed E-state index contributed by atoms with van der Waals surface area (Å²) < 4.78 is 4.53. The van der Waals surface area contributed by atoms with Gasteiger partial charge in [-0.2, -0.15) is 0 Å². The highest BCUT2D eigenvalue weighted by Gasteiger charge is 2.05. The molecule has 0 unspecified atom stereocenters. The summed E-state index contributed by atoms with van der Waals surface area (Å²) >= 11 is 0. The van der Waals surface area contributed by atoms with Crippen LogP contribution in [0.2, 0.25) is 0 Å². The van der Waals surface area contributed by atoms with Gasteiger partial charge in [-0.15, -0.1) is 0 Å². The molecule has 0 fully saturated rings. The number of esters is 1. The number of nitrogens with zero attached hydrogens (tertiary/aromatic N) is 1. The predicted octanol–water partition coefficient (Wildman–Crippen LogP) is 0.254. The summed E-state index contributed by atoms with van der Waals surface area (Å²) in [4.78, 5) is 12.9. The molecule has 0 bridgehead atoms. The number of ether oxygens (including phenoxy) is 1. The van der Waals surface area contributed by atoms with Crippen molar-refractivity contribution in [1.29, 1.82) is 0 Å². The van der Waals surface area contributed by atoms with E-state index in [1.807, 2.05) is 6.92 Å². The van der Waals surface area contributed by atoms with Crippen LogP contribution in [-0.4, -0.2) is 49.3 Å². The van der Waals surface area contributed by atoms with Crippen LogP contribution in [0.4, 0.5) is 0 Å². The summed E-state index contributed by atoms with van der Waals surface area (Å²) in [7, 11) is 1.40. The van der Waals surface area contributed by atoms with Crippen LogP contribution >= 0.6 is 0 Å². The van der Waals surface area contributed by atoms with Crippen LogP contribution < -0.4 is 0 Å². The van der Waals surface area contributed by atoms with E-state index < -0.39 is 0 Å². The van der Waals surface area contributed by atoms with Crippen LogP contribution in [-0.2, 0) is 9.53 Å². The Morgan fingerprint density at radius 2 is 2.15 bits per heavy atom. The molecule has 0 aliphatic carbocycles. The number of rotatable bonds is 7. The number of methoxy groups -OCH3 is 1. The number of aliphatic hydroxyl groups is 1. The highest BCUT2D eigenvalue weighted by Crippen LogP contribution is 1.94. The van der Waals surface area contributed by atoms with E-state index in [2.05, 4.69) is 9.64 Å². The molecular weight excluding hydrogens is 170 g/mol. The van der Waals surface area contributed by atoms with Gasteiger partial charge in [0.15, 0.2) is 0 Å². The summed E-state index contributed by atoms with van der Waals surface area (Å²) in [5.74, 6) is -0.178. The van der Waals surface area contributed by atoms with Gasteiger partial charge >= 0.3 is 5.97 Å². The molecule has 78 valence electrons. The number of carbonyl (C=O) groups is 1. The lowest BCUT2D eigenvalue weighted by Gasteiger charge is -2.18. The molecule has 0 saturated carbocycles. The first-order valence-electron chi connectivity index (χ1n) is 4.64. The summed E-state index contributed by atoms with van der Waals surface area (Å²) in [6.45, 7) is 4.69. The zero-order valence-electron chi connectivity index (χ0n) is 8.45. The first-order valence-corrected chi connectivity index (χ1v) is 4.64. The molecule has 0 amide bonds. The van der Waals surface area contributed by atoms with E-state index in [1.165, 1.54) is 7.11 Å². The van der Waals surface area contributed by atoms with E-state index >= 15 is 0 Å². The summed E-state index contributed by atoms with van der Waals surface area (Å²) in [5, 5.41) is 8.62. The Kier molecular flexibility index (Phi) is 7.63. The standard InChI is InChI=1S/C9H19NO3/c1-3-10(6-4-8-11)7-5-9(12)13-2/h11H,3-8H2,1-2H3. The van der Waals surface area contributed by atoms with Crippen LogP contribution in [0.25, 0.3) is 0 Å². The third-order valence-electron chi connectivity index (χ3n) is 1.94. The van der Waals surface area contributed by atoms with E-state index in [0.29, 0.717) is 13.0 Å². The molecule has 0 spiro atoms. The van der Waals surface area contributed by atoms with E-state index in [9.17, 15) is 4.79 Å². The van der Waals surface area contributed by atoms with Gasteiger partial charge in [-0.05, 0) is 13.0 Å². The number of hydrogen-bond donors (Lipinski definition) is 1. The van der Waals surface area contributed by atoms with Crippen molar-refractivity contribution in [2.24, 2.45) is 0 Å². The second-order valence-corrected chi connectivity index (χ2v) is 2.84. The molecule has 0 atom stereocenters. The number of hydrogen-bond acceptors (Lipinski definition) is 4. The quantitative estimate of drug-likeness (QED) is 0.583. The maximum absolute atomic E-state index is 10.8.